The summed E-state index contributed by atoms with van der Waals surface area (Å²) in [6.07, 6.45) is 5.16. The highest BCUT2D eigenvalue weighted by molar-refractivity contribution is 5.47. The van der Waals surface area contributed by atoms with Crippen LogP contribution in [-0.4, -0.2) is 55.4 Å². The average molecular weight is 392 g/mol. The number of hydrogen-bond donors (Lipinski definition) is 1. The number of piperidine rings is 1. The minimum atomic E-state index is 0.189. The molecule has 5 heterocycles. The maximum atomic E-state index is 4.56. The summed E-state index contributed by atoms with van der Waals surface area (Å²) in [4.78, 5) is 6.95. The monoisotopic (exact) mass is 391 g/mol. The number of aryl methyl sites for hydroxylation is 2. The Hall–Kier alpha value is -2.51. The lowest BCUT2D eigenvalue weighted by Gasteiger charge is -2.34. The van der Waals surface area contributed by atoms with Crippen LogP contribution >= 0.6 is 0 Å². The van der Waals surface area contributed by atoms with Crippen molar-refractivity contribution in [2.24, 2.45) is 0 Å². The lowest BCUT2D eigenvalue weighted by Crippen LogP contribution is -2.44. The van der Waals surface area contributed by atoms with E-state index in [0.29, 0.717) is 6.04 Å². The molecule has 152 valence electrons. The van der Waals surface area contributed by atoms with Gasteiger partial charge in [-0.05, 0) is 65.0 Å². The van der Waals surface area contributed by atoms with Gasteiger partial charge in [-0.3, -0.25) is 9.55 Å². The van der Waals surface area contributed by atoms with Crippen molar-refractivity contribution in [2.75, 3.05) is 20.1 Å². The molecule has 0 aliphatic carbocycles. The van der Waals surface area contributed by atoms with Crippen molar-refractivity contribution in [3.63, 3.8) is 0 Å². The van der Waals surface area contributed by atoms with E-state index in [1.165, 1.54) is 29.9 Å². The Bertz CT molecular complexity index is 996. The zero-order valence-electron chi connectivity index (χ0n) is 17.5. The lowest BCUT2D eigenvalue weighted by atomic mass is 10.00. The number of pyridine rings is 1. The van der Waals surface area contributed by atoms with Crippen LogP contribution in [0.3, 0.4) is 0 Å². The van der Waals surface area contributed by atoms with Gasteiger partial charge in [0.2, 0.25) is 0 Å². The summed E-state index contributed by atoms with van der Waals surface area (Å²) in [5.41, 5.74) is 4.89. The standard InChI is InChI=1S/C22H29N7/c1-15-12-21-20(28(15)14-18-6-4-5-9-23-18)13-19(22-26-25-16(2)29(21)22)24-17-7-10-27(3)11-8-17/h4-6,9,12,17,19,24H,7-8,10-11,13-14H2,1-3H3. The number of hydrogen-bond acceptors (Lipinski definition) is 5. The van der Waals surface area contributed by atoms with Crippen molar-refractivity contribution in [3.05, 3.63) is 59.2 Å². The van der Waals surface area contributed by atoms with Crippen LogP contribution in [0.1, 0.15) is 47.6 Å². The van der Waals surface area contributed by atoms with Gasteiger partial charge in [0.15, 0.2) is 5.82 Å². The van der Waals surface area contributed by atoms with E-state index < -0.39 is 0 Å². The predicted octanol–water partition coefficient (Wildman–Crippen LogP) is 2.41. The van der Waals surface area contributed by atoms with Gasteiger partial charge in [0, 0.05) is 30.0 Å². The van der Waals surface area contributed by atoms with Crippen molar-refractivity contribution in [1.29, 1.82) is 0 Å². The molecule has 1 saturated heterocycles. The molecule has 1 unspecified atom stereocenters. The minimum absolute atomic E-state index is 0.189. The molecule has 5 rings (SSSR count). The van der Waals surface area contributed by atoms with Gasteiger partial charge in [-0.25, -0.2) is 0 Å². The van der Waals surface area contributed by atoms with Crippen LogP contribution in [-0.2, 0) is 13.0 Å². The summed E-state index contributed by atoms with van der Waals surface area (Å²) in [5, 5.41) is 12.9. The summed E-state index contributed by atoms with van der Waals surface area (Å²) in [7, 11) is 2.20. The fourth-order valence-electron chi connectivity index (χ4n) is 4.77. The van der Waals surface area contributed by atoms with Gasteiger partial charge in [0.1, 0.15) is 5.82 Å². The summed E-state index contributed by atoms with van der Waals surface area (Å²) in [6.45, 7) is 7.32. The van der Waals surface area contributed by atoms with E-state index in [9.17, 15) is 0 Å². The number of nitrogens with zero attached hydrogens (tertiary/aromatic N) is 6. The number of aromatic nitrogens is 5. The Labute approximate surface area is 171 Å². The Kier molecular flexibility index (Phi) is 4.72. The molecule has 0 amide bonds. The van der Waals surface area contributed by atoms with Crippen molar-refractivity contribution in [1.82, 2.24) is 34.5 Å². The van der Waals surface area contributed by atoms with E-state index in [1.807, 2.05) is 19.2 Å². The van der Waals surface area contributed by atoms with E-state index in [-0.39, 0.29) is 6.04 Å². The van der Waals surface area contributed by atoms with Crippen LogP contribution in [0, 0.1) is 13.8 Å². The second-order valence-electron chi connectivity index (χ2n) is 8.47. The van der Waals surface area contributed by atoms with Gasteiger partial charge in [-0.1, -0.05) is 6.07 Å². The van der Waals surface area contributed by atoms with E-state index in [0.717, 1.165) is 43.4 Å². The molecule has 29 heavy (non-hydrogen) atoms. The molecule has 3 aromatic heterocycles. The molecule has 7 heteroatoms. The maximum Gasteiger partial charge on any atom is 0.155 e. The second-order valence-corrected chi connectivity index (χ2v) is 8.47. The SMILES string of the molecule is Cc1cc2c(n1Cc1ccccn1)CC(NC1CCN(C)CC1)c1nnc(C)n1-2. The Morgan fingerprint density at radius 3 is 2.72 bits per heavy atom. The normalized spacial score (nSPS) is 19.9. The van der Waals surface area contributed by atoms with E-state index in [4.69, 9.17) is 0 Å². The van der Waals surface area contributed by atoms with Gasteiger partial charge in [-0.2, -0.15) is 0 Å². The van der Waals surface area contributed by atoms with Crippen LogP contribution in [0.4, 0.5) is 0 Å². The number of nitrogens with one attached hydrogen (secondary N) is 1. The third-order valence-electron chi connectivity index (χ3n) is 6.39. The van der Waals surface area contributed by atoms with Crippen molar-refractivity contribution in [3.8, 4) is 5.69 Å². The van der Waals surface area contributed by atoms with Crippen LogP contribution in [0.2, 0.25) is 0 Å². The van der Waals surface area contributed by atoms with Crippen molar-refractivity contribution >= 4 is 0 Å². The molecule has 1 N–H and O–H groups in total. The van der Waals surface area contributed by atoms with E-state index in [2.05, 4.69) is 66.7 Å². The molecule has 2 aliphatic heterocycles. The number of rotatable bonds is 4. The summed E-state index contributed by atoms with van der Waals surface area (Å²) < 4.78 is 4.65. The third kappa shape index (κ3) is 3.38. The topological polar surface area (TPSA) is 63.8 Å². The zero-order valence-corrected chi connectivity index (χ0v) is 17.5. The Balaban J connectivity index is 1.49. The zero-order chi connectivity index (χ0) is 20.0. The predicted molar refractivity (Wildman–Crippen MR) is 112 cm³/mol. The minimum Gasteiger partial charge on any atom is -0.341 e. The molecule has 2 aliphatic rings. The fourth-order valence-corrected chi connectivity index (χ4v) is 4.77. The highest BCUT2D eigenvalue weighted by Crippen LogP contribution is 2.34. The summed E-state index contributed by atoms with van der Waals surface area (Å²) in [5.74, 6) is 2.00. The second kappa shape index (κ2) is 7.39. The molecular weight excluding hydrogens is 362 g/mol. The maximum absolute atomic E-state index is 4.56. The van der Waals surface area contributed by atoms with Gasteiger partial charge in [0.25, 0.3) is 0 Å². The van der Waals surface area contributed by atoms with Crippen LogP contribution in [0.25, 0.3) is 5.69 Å². The first-order valence-corrected chi connectivity index (χ1v) is 10.6. The molecule has 3 aromatic rings. The van der Waals surface area contributed by atoms with Gasteiger partial charge in [-0.15, -0.1) is 10.2 Å². The van der Waals surface area contributed by atoms with Crippen molar-refractivity contribution < 1.29 is 0 Å². The Morgan fingerprint density at radius 2 is 1.97 bits per heavy atom. The van der Waals surface area contributed by atoms with Crippen LogP contribution < -0.4 is 5.32 Å². The quantitative estimate of drug-likeness (QED) is 0.740. The van der Waals surface area contributed by atoms with Gasteiger partial charge < -0.3 is 14.8 Å². The first-order chi connectivity index (χ1) is 14.1. The molecule has 1 fully saturated rings. The first-order valence-electron chi connectivity index (χ1n) is 10.6. The molecule has 0 bridgehead atoms. The van der Waals surface area contributed by atoms with Gasteiger partial charge >= 0.3 is 0 Å². The molecule has 0 saturated carbocycles. The molecule has 0 radical (unpaired) electrons. The molecule has 7 nitrogen and oxygen atoms in total. The largest absolute Gasteiger partial charge is 0.341 e. The van der Waals surface area contributed by atoms with Crippen LogP contribution in [0.15, 0.2) is 30.5 Å². The Morgan fingerprint density at radius 1 is 1.14 bits per heavy atom. The molecular formula is C22H29N7. The smallest absolute Gasteiger partial charge is 0.155 e. The highest BCUT2D eigenvalue weighted by atomic mass is 15.3. The lowest BCUT2D eigenvalue weighted by molar-refractivity contribution is 0.221. The van der Waals surface area contributed by atoms with E-state index >= 15 is 0 Å². The number of fused-ring (bicyclic) bond motifs is 3. The fraction of sp³-hybridized carbons (Fsp3) is 0.500. The van der Waals surface area contributed by atoms with E-state index in [1.54, 1.807) is 0 Å². The summed E-state index contributed by atoms with van der Waals surface area (Å²) >= 11 is 0. The highest BCUT2D eigenvalue weighted by Gasteiger charge is 2.33. The number of likely N-dealkylation sites (tertiary alicyclic amines) is 1. The first kappa shape index (κ1) is 18.5. The van der Waals surface area contributed by atoms with Crippen LogP contribution in [0.5, 0.6) is 0 Å². The van der Waals surface area contributed by atoms with Gasteiger partial charge in [0.05, 0.1) is 24.0 Å². The molecule has 0 spiro atoms. The summed E-state index contributed by atoms with van der Waals surface area (Å²) in [6, 6.07) is 9.11. The average Bonchev–Trinajstić information content (AvgIpc) is 3.25. The molecule has 0 aromatic carbocycles. The molecule has 1 atom stereocenters. The van der Waals surface area contributed by atoms with Crippen molar-refractivity contribution in [2.45, 2.75) is 51.7 Å². The third-order valence-corrected chi connectivity index (χ3v) is 6.39.